The molecule has 61 heavy (non-hydrogen) atoms. The number of piperazine rings is 1. The lowest BCUT2D eigenvalue weighted by Crippen LogP contribution is -2.56. The van der Waals surface area contributed by atoms with Crippen molar-refractivity contribution in [3.63, 3.8) is 0 Å². The molecular formula is C42H51ClN12O6. The molecule has 7 heterocycles. The molecule has 8 rings (SSSR count). The molecule has 0 spiro atoms. The summed E-state index contributed by atoms with van der Waals surface area (Å²) in [5.41, 5.74) is 3.46. The molecule has 322 valence electrons. The second-order valence-electron chi connectivity index (χ2n) is 16.3. The van der Waals surface area contributed by atoms with Crippen molar-refractivity contribution >= 4 is 74.4 Å². The van der Waals surface area contributed by atoms with Crippen LogP contribution in [0.5, 0.6) is 5.75 Å². The number of aliphatic hydroxyl groups is 1. The van der Waals surface area contributed by atoms with Crippen LogP contribution in [0.3, 0.4) is 0 Å². The molecule has 4 aromatic heterocycles. The van der Waals surface area contributed by atoms with Gasteiger partial charge in [-0.05, 0) is 69.4 Å². The van der Waals surface area contributed by atoms with Gasteiger partial charge in [0.2, 0.25) is 17.8 Å². The first-order valence-corrected chi connectivity index (χ1v) is 21.1. The van der Waals surface area contributed by atoms with E-state index in [-0.39, 0.29) is 54.3 Å². The van der Waals surface area contributed by atoms with E-state index < -0.39 is 5.92 Å². The number of aliphatic hydroxyl groups excluding tert-OH is 1. The third-order valence-electron chi connectivity index (χ3n) is 12.0. The number of anilines is 4. The zero-order chi connectivity index (χ0) is 42.9. The fourth-order valence-electron chi connectivity index (χ4n) is 8.68. The van der Waals surface area contributed by atoms with Crippen LogP contribution in [0.1, 0.15) is 57.2 Å². The summed E-state index contributed by atoms with van der Waals surface area (Å²) in [6, 6.07) is 9.38. The number of hydrogen-bond donors (Lipinski definition) is 4. The van der Waals surface area contributed by atoms with Crippen molar-refractivity contribution in [1.29, 1.82) is 0 Å². The number of ether oxygens (including phenoxy) is 1. The number of carbonyl (C=O) groups excluding carboxylic acids is 3. The number of nitrogens with one attached hydrogen (secondary N) is 3. The first kappa shape index (κ1) is 41.9. The molecule has 3 amide bonds. The van der Waals surface area contributed by atoms with Crippen LogP contribution >= 0.6 is 11.6 Å². The molecule has 3 fully saturated rings. The number of aromatic nitrogens is 6. The van der Waals surface area contributed by atoms with Crippen LogP contribution in [0.15, 0.2) is 47.5 Å². The molecule has 1 aromatic carbocycles. The fraction of sp³-hybridized carbons (Fsp3) is 0.476. The van der Waals surface area contributed by atoms with Gasteiger partial charge in [0.15, 0.2) is 18.2 Å². The smallest absolute Gasteiger partial charge is 0.294 e. The van der Waals surface area contributed by atoms with Crippen molar-refractivity contribution in [2.24, 2.45) is 13.0 Å². The lowest BCUT2D eigenvalue weighted by atomic mass is 9.92. The Morgan fingerprint density at radius 3 is 2.57 bits per heavy atom. The third kappa shape index (κ3) is 8.69. The molecule has 2 atom stereocenters. The minimum Gasteiger partial charge on any atom is -0.478 e. The number of likely N-dealkylation sites (N-methyl/N-ethyl adjacent to an activating group) is 1. The monoisotopic (exact) mass is 854 g/mol. The zero-order valence-corrected chi connectivity index (χ0v) is 35.5. The highest BCUT2D eigenvalue weighted by atomic mass is 35.5. The molecule has 0 bridgehead atoms. The van der Waals surface area contributed by atoms with Crippen LogP contribution in [0.25, 0.3) is 21.9 Å². The molecule has 18 nitrogen and oxygen atoms in total. The molecule has 1 unspecified atom stereocenters. The van der Waals surface area contributed by atoms with Crippen LogP contribution in [0.2, 0.25) is 5.02 Å². The van der Waals surface area contributed by atoms with E-state index in [9.17, 15) is 24.3 Å². The van der Waals surface area contributed by atoms with E-state index in [4.69, 9.17) is 26.4 Å². The summed E-state index contributed by atoms with van der Waals surface area (Å²) in [4.78, 5) is 70.2. The molecular weight excluding hydrogens is 804 g/mol. The number of piperidine rings is 2. The number of benzene rings is 1. The third-order valence-corrected chi connectivity index (χ3v) is 12.3. The van der Waals surface area contributed by atoms with Crippen molar-refractivity contribution in [1.82, 2.24) is 44.8 Å². The van der Waals surface area contributed by atoms with Crippen molar-refractivity contribution < 1.29 is 24.2 Å². The summed E-state index contributed by atoms with van der Waals surface area (Å²) in [5, 5.41) is 25.3. The zero-order valence-electron chi connectivity index (χ0n) is 34.7. The van der Waals surface area contributed by atoms with Gasteiger partial charge in [0.05, 0.1) is 47.9 Å². The van der Waals surface area contributed by atoms with Crippen LogP contribution in [-0.2, 0) is 21.4 Å². The van der Waals surface area contributed by atoms with Gasteiger partial charge in [-0.2, -0.15) is 10.1 Å². The highest BCUT2D eigenvalue weighted by Gasteiger charge is 2.33. The van der Waals surface area contributed by atoms with Gasteiger partial charge >= 0.3 is 0 Å². The Labute approximate surface area is 357 Å². The van der Waals surface area contributed by atoms with Crippen molar-refractivity contribution in [2.75, 3.05) is 74.6 Å². The Hall–Kier alpha value is -5.85. The van der Waals surface area contributed by atoms with Gasteiger partial charge < -0.3 is 30.3 Å². The number of hydrogen-bond acceptors (Lipinski definition) is 14. The average Bonchev–Trinajstić information content (AvgIpc) is 3.58. The number of pyridine rings is 2. The molecule has 0 saturated carbocycles. The standard InChI is InChI=1S/C42H51ClN12O6/c1-24(2)55-39-26(16-34(41(55)60)61-23-36(58)44-3)15-27(18-45-39)47-38-32(43)19-46-42(49-38)54-14-13-53(29(21-54)22-56)20-25-9-11-52(12-10-25)28-5-6-30-33(17-28)51(4)50-37(30)31-7-8-35(57)48-40(31)59/h5-6,15-19,24-25,29,31,56H,7-14,20-23H2,1-4H3,(H,44,58)(H,46,47,49)(H,48,57,59)/t29-,31?/m1/s1. The number of imide groups is 1. The SMILES string of the molecule is CNC(=O)COc1cc2cc(Nc3nc(N4CCN(CC5CCN(c6ccc7c(C8CCC(=O)NC8=O)nn(C)c7c6)CC5)[C@@H](CO)C4)ncc3Cl)cnc2n(C(C)C)c1=O. The number of amides is 3. The van der Waals surface area contributed by atoms with Gasteiger partial charge in [0, 0.05) is 82.3 Å². The molecule has 0 aliphatic carbocycles. The maximum Gasteiger partial charge on any atom is 0.294 e. The van der Waals surface area contributed by atoms with E-state index in [1.807, 2.05) is 31.6 Å². The van der Waals surface area contributed by atoms with Gasteiger partial charge in [-0.25, -0.2) is 9.97 Å². The highest BCUT2D eigenvalue weighted by Crippen LogP contribution is 2.34. The fourth-order valence-corrected chi connectivity index (χ4v) is 8.81. The van der Waals surface area contributed by atoms with E-state index in [2.05, 4.69) is 58.8 Å². The van der Waals surface area contributed by atoms with Gasteiger partial charge in [-0.1, -0.05) is 11.6 Å². The van der Waals surface area contributed by atoms with Crippen LogP contribution < -0.4 is 36.0 Å². The average molecular weight is 855 g/mol. The van der Waals surface area contributed by atoms with E-state index in [0.29, 0.717) is 71.1 Å². The molecule has 3 saturated heterocycles. The number of nitrogens with zero attached hydrogens (tertiary/aromatic N) is 9. The summed E-state index contributed by atoms with van der Waals surface area (Å²) in [5.74, 6) is 0.0741. The molecule has 3 aliphatic rings. The van der Waals surface area contributed by atoms with E-state index in [0.717, 1.165) is 55.6 Å². The Kier molecular flexibility index (Phi) is 12.1. The van der Waals surface area contributed by atoms with E-state index in [1.165, 1.54) is 11.6 Å². The molecule has 0 radical (unpaired) electrons. The Balaban J connectivity index is 0.893. The molecule has 5 aromatic rings. The normalized spacial score (nSPS) is 19.2. The quantitative estimate of drug-likeness (QED) is 0.133. The summed E-state index contributed by atoms with van der Waals surface area (Å²) in [7, 11) is 3.39. The lowest BCUT2D eigenvalue weighted by molar-refractivity contribution is -0.134. The number of halogens is 1. The largest absolute Gasteiger partial charge is 0.478 e. The maximum atomic E-state index is 13.2. The van der Waals surface area contributed by atoms with Gasteiger partial charge in [0.25, 0.3) is 11.5 Å². The van der Waals surface area contributed by atoms with Crippen molar-refractivity contribution in [3.05, 3.63) is 63.8 Å². The minimum atomic E-state index is -0.435. The van der Waals surface area contributed by atoms with Crippen LogP contribution in [-0.4, -0.2) is 123 Å². The van der Waals surface area contributed by atoms with E-state index in [1.54, 1.807) is 18.5 Å². The predicted molar refractivity (Wildman–Crippen MR) is 232 cm³/mol. The second kappa shape index (κ2) is 17.6. The molecule has 3 aliphatic heterocycles. The first-order chi connectivity index (χ1) is 29.4. The lowest BCUT2D eigenvalue weighted by Gasteiger charge is -2.43. The number of carbonyl (C=O) groups is 3. The van der Waals surface area contributed by atoms with E-state index >= 15 is 0 Å². The molecule has 4 N–H and O–H groups in total. The highest BCUT2D eigenvalue weighted by molar-refractivity contribution is 6.33. The van der Waals surface area contributed by atoms with Gasteiger partial charge in [0.1, 0.15) is 10.7 Å². The Morgan fingerprint density at radius 2 is 1.84 bits per heavy atom. The second-order valence-corrected chi connectivity index (χ2v) is 16.7. The van der Waals surface area contributed by atoms with Gasteiger partial charge in [-0.3, -0.25) is 38.6 Å². The number of aryl methyl sites for hydroxylation is 1. The topological polar surface area (TPSA) is 205 Å². The Morgan fingerprint density at radius 1 is 1.03 bits per heavy atom. The maximum absolute atomic E-state index is 13.2. The van der Waals surface area contributed by atoms with Gasteiger partial charge in [-0.15, -0.1) is 0 Å². The number of fused-ring (bicyclic) bond motifs is 2. The van der Waals surface area contributed by atoms with Crippen molar-refractivity contribution in [3.8, 4) is 5.75 Å². The van der Waals surface area contributed by atoms with Crippen LogP contribution in [0.4, 0.5) is 23.1 Å². The summed E-state index contributed by atoms with van der Waals surface area (Å²) in [6.45, 7) is 8.11. The first-order valence-electron chi connectivity index (χ1n) is 20.7. The molecule has 19 heteroatoms. The summed E-state index contributed by atoms with van der Waals surface area (Å²) < 4.78 is 8.95. The minimum absolute atomic E-state index is 0.00139. The van der Waals surface area contributed by atoms with Crippen LogP contribution in [0, 0.1) is 5.92 Å². The van der Waals surface area contributed by atoms with Crippen molar-refractivity contribution in [2.45, 2.75) is 57.5 Å². The summed E-state index contributed by atoms with van der Waals surface area (Å²) >= 11 is 6.60. The predicted octanol–water partition coefficient (Wildman–Crippen LogP) is 3.10. The summed E-state index contributed by atoms with van der Waals surface area (Å²) in [6.07, 6.45) is 5.97. The Bertz CT molecular complexity index is 2540. The number of rotatable bonds is 12.